The lowest BCUT2D eigenvalue weighted by molar-refractivity contribution is -0.117. The fourth-order valence-corrected chi connectivity index (χ4v) is 3.03. The zero-order valence-corrected chi connectivity index (χ0v) is 14.8. The standard InChI is InChI=1S/C19H30N4O/c1-14(2)22-19(21-13-16-6-4-3-5-7-16)23-17-10-8-15(9-11-17)12-18(20)24/h8-11,14,16H,3-7,12-13H2,1-2H3,(H2,20,24)(H2,21,22,23). The predicted octanol–water partition coefficient (Wildman–Crippen LogP) is 3.06. The minimum atomic E-state index is -0.313. The van der Waals surface area contributed by atoms with E-state index in [9.17, 15) is 4.79 Å². The van der Waals surface area contributed by atoms with Crippen molar-refractivity contribution in [3.8, 4) is 0 Å². The van der Waals surface area contributed by atoms with Crippen LogP contribution >= 0.6 is 0 Å². The molecule has 5 nitrogen and oxygen atoms in total. The van der Waals surface area contributed by atoms with Crippen LogP contribution in [0.3, 0.4) is 0 Å². The van der Waals surface area contributed by atoms with E-state index in [1.54, 1.807) is 0 Å². The van der Waals surface area contributed by atoms with Crippen molar-refractivity contribution in [2.75, 3.05) is 11.9 Å². The summed E-state index contributed by atoms with van der Waals surface area (Å²) in [7, 11) is 0. The molecule has 0 spiro atoms. The van der Waals surface area contributed by atoms with Crippen molar-refractivity contribution in [3.05, 3.63) is 29.8 Å². The molecule has 0 bridgehead atoms. The molecule has 1 aromatic rings. The Balaban J connectivity index is 1.97. The summed E-state index contributed by atoms with van der Waals surface area (Å²) >= 11 is 0. The number of nitrogens with two attached hydrogens (primary N) is 1. The van der Waals surface area contributed by atoms with Crippen molar-refractivity contribution in [3.63, 3.8) is 0 Å². The van der Waals surface area contributed by atoms with Gasteiger partial charge in [-0.3, -0.25) is 9.79 Å². The Morgan fingerprint density at radius 2 is 1.88 bits per heavy atom. The number of rotatable bonds is 6. The molecule has 1 aliphatic rings. The van der Waals surface area contributed by atoms with E-state index in [1.165, 1.54) is 32.1 Å². The third-order valence-corrected chi connectivity index (χ3v) is 4.25. The van der Waals surface area contributed by atoms with Gasteiger partial charge in [0, 0.05) is 18.3 Å². The fourth-order valence-electron chi connectivity index (χ4n) is 3.03. The molecule has 0 aromatic heterocycles. The number of aliphatic imine (C=N–C) groups is 1. The highest BCUT2D eigenvalue weighted by Gasteiger charge is 2.13. The average Bonchev–Trinajstić information content (AvgIpc) is 2.54. The fraction of sp³-hybridized carbons (Fsp3) is 0.579. The van der Waals surface area contributed by atoms with Crippen molar-refractivity contribution in [1.82, 2.24) is 5.32 Å². The first-order valence-electron chi connectivity index (χ1n) is 8.98. The Labute approximate surface area is 145 Å². The number of hydrogen-bond donors (Lipinski definition) is 3. The third kappa shape index (κ3) is 6.60. The van der Waals surface area contributed by atoms with Crippen molar-refractivity contribution >= 4 is 17.6 Å². The molecule has 1 aromatic carbocycles. The number of guanidine groups is 1. The Hall–Kier alpha value is -2.04. The molecule has 0 aliphatic heterocycles. The summed E-state index contributed by atoms with van der Waals surface area (Å²) in [6.45, 7) is 5.09. The first-order chi connectivity index (χ1) is 11.5. The van der Waals surface area contributed by atoms with Gasteiger partial charge in [-0.2, -0.15) is 0 Å². The normalized spacial score (nSPS) is 16.2. The van der Waals surface area contributed by atoms with E-state index in [4.69, 9.17) is 10.7 Å². The predicted molar refractivity (Wildman–Crippen MR) is 100 cm³/mol. The number of carbonyl (C=O) groups excluding carboxylic acids is 1. The van der Waals surface area contributed by atoms with E-state index < -0.39 is 0 Å². The third-order valence-electron chi connectivity index (χ3n) is 4.25. The Bertz CT molecular complexity index is 545. The summed E-state index contributed by atoms with van der Waals surface area (Å²) in [6, 6.07) is 8.06. The van der Waals surface area contributed by atoms with Gasteiger partial charge in [0.15, 0.2) is 5.96 Å². The smallest absolute Gasteiger partial charge is 0.221 e. The number of nitrogens with zero attached hydrogens (tertiary/aromatic N) is 1. The van der Waals surface area contributed by atoms with Crippen LogP contribution in [0.1, 0.15) is 51.5 Å². The molecule has 4 N–H and O–H groups in total. The Morgan fingerprint density at radius 1 is 1.21 bits per heavy atom. The Morgan fingerprint density at radius 3 is 2.46 bits per heavy atom. The molecule has 0 atom stereocenters. The second-order valence-corrected chi connectivity index (χ2v) is 6.96. The van der Waals surface area contributed by atoms with Crippen molar-refractivity contribution in [2.24, 2.45) is 16.6 Å². The molecule has 5 heteroatoms. The van der Waals surface area contributed by atoms with Gasteiger partial charge in [0.2, 0.25) is 5.91 Å². The highest BCUT2D eigenvalue weighted by molar-refractivity contribution is 5.93. The Kier molecular flexibility index (Phi) is 7.09. The quantitative estimate of drug-likeness (QED) is 0.554. The monoisotopic (exact) mass is 330 g/mol. The molecule has 0 radical (unpaired) electrons. The zero-order chi connectivity index (χ0) is 17.4. The maximum Gasteiger partial charge on any atom is 0.221 e. The summed E-state index contributed by atoms with van der Waals surface area (Å²) in [5, 5.41) is 6.73. The number of carbonyl (C=O) groups is 1. The number of benzene rings is 1. The molecule has 1 saturated carbocycles. The molecular formula is C19H30N4O. The van der Waals surface area contributed by atoms with Gasteiger partial charge >= 0.3 is 0 Å². The van der Waals surface area contributed by atoms with E-state index in [0.717, 1.165) is 23.8 Å². The molecule has 2 rings (SSSR count). The molecule has 1 amide bonds. The molecule has 24 heavy (non-hydrogen) atoms. The molecule has 1 aliphatic carbocycles. The van der Waals surface area contributed by atoms with Crippen LogP contribution in [-0.4, -0.2) is 24.5 Å². The molecule has 0 unspecified atom stereocenters. The number of primary amides is 1. The first-order valence-corrected chi connectivity index (χ1v) is 8.98. The minimum absolute atomic E-state index is 0.271. The molecule has 0 saturated heterocycles. The maximum atomic E-state index is 11.0. The lowest BCUT2D eigenvalue weighted by atomic mass is 9.89. The molecule has 132 valence electrons. The first kappa shape index (κ1) is 18.3. The van der Waals surface area contributed by atoms with Gasteiger partial charge in [-0.15, -0.1) is 0 Å². The van der Waals surface area contributed by atoms with Crippen LogP contribution in [0.4, 0.5) is 5.69 Å². The summed E-state index contributed by atoms with van der Waals surface area (Å²) in [5.74, 6) is 1.22. The molecule has 0 heterocycles. The summed E-state index contributed by atoms with van der Waals surface area (Å²) in [4.78, 5) is 15.7. The molecule has 1 fully saturated rings. The SMILES string of the molecule is CC(C)NC(=NCC1CCCCC1)Nc1ccc(CC(N)=O)cc1. The van der Waals surface area contributed by atoms with Crippen molar-refractivity contribution in [2.45, 2.75) is 58.4 Å². The minimum Gasteiger partial charge on any atom is -0.369 e. The van der Waals surface area contributed by atoms with Gasteiger partial charge < -0.3 is 16.4 Å². The van der Waals surface area contributed by atoms with Gasteiger partial charge in [0.05, 0.1) is 6.42 Å². The van der Waals surface area contributed by atoms with Crippen LogP contribution < -0.4 is 16.4 Å². The van der Waals surface area contributed by atoms with Gasteiger partial charge in [0.25, 0.3) is 0 Å². The van der Waals surface area contributed by atoms with Crippen molar-refractivity contribution < 1.29 is 4.79 Å². The van der Waals surface area contributed by atoms with Crippen molar-refractivity contribution in [1.29, 1.82) is 0 Å². The van der Waals surface area contributed by atoms with Crippen LogP contribution in [0.25, 0.3) is 0 Å². The zero-order valence-electron chi connectivity index (χ0n) is 14.8. The topological polar surface area (TPSA) is 79.5 Å². The summed E-state index contributed by atoms with van der Waals surface area (Å²) < 4.78 is 0. The highest BCUT2D eigenvalue weighted by Crippen LogP contribution is 2.23. The van der Waals surface area contributed by atoms with Crippen LogP contribution in [0.2, 0.25) is 0 Å². The van der Waals surface area contributed by atoms with Gasteiger partial charge in [-0.05, 0) is 50.3 Å². The van der Waals surface area contributed by atoms with Crippen LogP contribution in [0, 0.1) is 5.92 Å². The highest BCUT2D eigenvalue weighted by atomic mass is 16.1. The van der Waals surface area contributed by atoms with Gasteiger partial charge in [-0.1, -0.05) is 31.4 Å². The second kappa shape index (κ2) is 9.30. The van der Waals surface area contributed by atoms with Crippen LogP contribution in [-0.2, 0) is 11.2 Å². The summed E-state index contributed by atoms with van der Waals surface area (Å²) in [5.41, 5.74) is 7.10. The lowest BCUT2D eigenvalue weighted by Crippen LogP contribution is -2.36. The number of anilines is 1. The average molecular weight is 330 g/mol. The maximum absolute atomic E-state index is 11.0. The van der Waals surface area contributed by atoms with E-state index in [0.29, 0.717) is 12.0 Å². The summed E-state index contributed by atoms with van der Waals surface area (Å²) in [6.07, 6.45) is 6.89. The number of nitrogens with one attached hydrogen (secondary N) is 2. The number of hydrogen-bond acceptors (Lipinski definition) is 2. The second-order valence-electron chi connectivity index (χ2n) is 6.96. The largest absolute Gasteiger partial charge is 0.369 e. The van der Waals surface area contributed by atoms with Gasteiger partial charge in [0.1, 0.15) is 0 Å². The van der Waals surface area contributed by atoms with E-state index in [-0.39, 0.29) is 12.3 Å². The van der Waals surface area contributed by atoms with Crippen LogP contribution in [0.15, 0.2) is 29.3 Å². The van der Waals surface area contributed by atoms with E-state index >= 15 is 0 Å². The lowest BCUT2D eigenvalue weighted by Gasteiger charge is -2.21. The molecular weight excluding hydrogens is 300 g/mol. The van der Waals surface area contributed by atoms with Gasteiger partial charge in [-0.25, -0.2) is 0 Å². The van der Waals surface area contributed by atoms with Crippen LogP contribution in [0.5, 0.6) is 0 Å². The number of amides is 1. The van der Waals surface area contributed by atoms with E-state index in [2.05, 4.69) is 24.5 Å². The van der Waals surface area contributed by atoms with E-state index in [1.807, 2.05) is 24.3 Å².